The number of rotatable bonds is 8. The van der Waals surface area contributed by atoms with Crippen molar-refractivity contribution < 1.29 is 9.59 Å². The molecule has 1 heterocycles. The number of piperidine rings is 1. The molecule has 2 aromatic rings. The van der Waals surface area contributed by atoms with Crippen LogP contribution in [0.2, 0.25) is 0 Å². The molecule has 0 radical (unpaired) electrons. The molecular weight excluding hydrogens is 374 g/mol. The van der Waals surface area contributed by atoms with Crippen molar-refractivity contribution in [3.63, 3.8) is 0 Å². The highest BCUT2D eigenvalue weighted by Gasteiger charge is 2.12. The number of hydrogen-bond donors (Lipinski definition) is 2. The van der Waals surface area contributed by atoms with E-state index in [4.69, 9.17) is 0 Å². The van der Waals surface area contributed by atoms with Crippen molar-refractivity contribution in [2.45, 2.75) is 52.0 Å². The van der Waals surface area contributed by atoms with Gasteiger partial charge in [0.1, 0.15) is 0 Å². The summed E-state index contributed by atoms with van der Waals surface area (Å²) in [7, 11) is 0. The second kappa shape index (κ2) is 10.9. The maximum atomic E-state index is 12.3. The van der Waals surface area contributed by atoms with Crippen LogP contribution < -0.4 is 10.6 Å². The molecule has 30 heavy (non-hydrogen) atoms. The van der Waals surface area contributed by atoms with Gasteiger partial charge in [0.25, 0.3) is 0 Å². The van der Waals surface area contributed by atoms with E-state index in [1.807, 2.05) is 48.5 Å². The Bertz CT molecular complexity index is 824. The summed E-state index contributed by atoms with van der Waals surface area (Å²) < 4.78 is 0. The largest absolute Gasteiger partial charge is 0.335 e. The van der Waals surface area contributed by atoms with Crippen molar-refractivity contribution in [3.05, 3.63) is 54.1 Å². The van der Waals surface area contributed by atoms with E-state index < -0.39 is 0 Å². The number of likely N-dealkylation sites (tertiary alicyclic amines) is 1. The molecule has 1 saturated heterocycles. The van der Waals surface area contributed by atoms with Crippen LogP contribution in [0.3, 0.4) is 0 Å². The van der Waals surface area contributed by atoms with Gasteiger partial charge < -0.3 is 15.5 Å². The molecule has 160 valence electrons. The maximum Gasteiger partial charge on any atom is 0.319 e. The zero-order valence-corrected chi connectivity index (χ0v) is 18.1. The molecule has 1 fully saturated rings. The molecule has 1 atom stereocenters. The fourth-order valence-electron chi connectivity index (χ4n) is 3.91. The SMILES string of the molecule is CC(=O)c1ccc(-c2ccc(NC(=O)NC(C)CCCN3CCCCC3)cc2)cc1. The van der Waals surface area contributed by atoms with Crippen LogP contribution in [0.1, 0.15) is 56.3 Å². The average Bonchev–Trinajstić information content (AvgIpc) is 2.75. The molecule has 0 saturated carbocycles. The van der Waals surface area contributed by atoms with Crippen LogP contribution in [-0.4, -0.2) is 42.4 Å². The number of nitrogens with zero attached hydrogens (tertiary/aromatic N) is 1. The van der Waals surface area contributed by atoms with Gasteiger partial charge in [-0.1, -0.05) is 42.8 Å². The zero-order chi connectivity index (χ0) is 21.3. The molecule has 2 aromatic carbocycles. The molecular formula is C25H33N3O2. The minimum atomic E-state index is -0.168. The molecule has 1 aliphatic heterocycles. The monoisotopic (exact) mass is 407 g/mol. The first-order chi connectivity index (χ1) is 14.5. The number of carbonyl (C=O) groups is 2. The van der Waals surface area contributed by atoms with Crippen LogP contribution in [-0.2, 0) is 0 Å². The predicted molar refractivity (Wildman–Crippen MR) is 123 cm³/mol. The second-order valence-electron chi connectivity index (χ2n) is 8.25. The summed E-state index contributed by atoms with van der Waals surface area (Å²) in [6.07, 6.45) is 6.09. The Hall–Kier alpha value is -2.66. The summed E-state index contributed by atoms with van der Waals surface area (Å²) in [5, 5.41) is 5.94. The van der Waals surface area contributed by atoms with E-state index >= 15 is 0 Å². The van der Waals surface area contributed by atoms with Gasteiger partial charge in [0.05, 0.1) is 0 Å². The standard InChI is InChI=1S/C25H33N3O2/c1-19(7-6-18-28-16-4-3-5-17-28)26-25(30)27-24-14-12-23(13-15-24)22-10-8-21(9-11-22)20(2)29/h8-15,19H,3-7,16-18H2,1-2H3,(H2,26,27,30). The molecule has 0 aromatic heterocycles. The van der Waals surface area contributed by atoms with E-state index in [9.17, 15) is 9.59 Å². The number of ketones is 1. The normalized spacial score (nSPS) is 15.4. The lowest BCUT2D eigenvalue weighted by molar-refractivity contribution is 0.101. The van der Waals surface area contributed by atoms with Gasteiger partial charge in [-0.3, -0.25) is 4.79 Å². The molecule has 2 amide bonds. The summed E-state index contributed by atoms with van der Waals surface area (Å²) in [6, 6.07) is 15.3. The predicted octanol–water partition coefficient (Wildman–Crippen LogP) is 5.33. The number of carbonyl (C=O) groups excluding carboxylic acids is 2. The van der Waals surface area contributed by atoms with Gasteiger partial charge in [-0.25, -0.2) is 4.79 Å². The number of amides is 2. The highest BCUT2D eigenvalue weighted by Crippen LogP contribution is 2.22. The summed E-state index contributed by atoms with van der Waals surface area (Å²) in [5.74, 6) is 0.0628. The lowest BCUT2D eigenvalue weighted by Crippen LogP contribution is -2.37. The Morgan fingerprint density at radius 3 is 2.13 bits per heavy atom. The van der Waals surface area contributed by atoms with Crippen molar-refractivity contribution in [2.24, 2.45) is 0 Å². The summed E-state index contributed by atoms with van der Waals surface area (Å²) in [4.78, 5) is 26.2. The lowest BCUT2D eigenvalue weighted by Gasteiger charge is -2.26. The van der Waals surface area contributed by atoms with Gasteiger partial charge in [-0.15, -0.1) is 0 Å². The van der Waals surface area contributed by atoms with Crippen LogP contribution in [0.5, 0.6) is 0 Å². The topological polar surface area (TPSA) is 61.4 Å². The van der Waals surface area contributed by atoms with E-state index in [0.29, 0.717) is 5.56 Å². The van der Waals surface area contributed by atoms with Crippen LogP contribution >= 0.6 is 0 Å². The minimum absolute atomic E-state index is 0.0628. The zero-order valence-electron chi connectivity index (χ0n) is 18.1. The van der Waals surface area contributed by atoms with E-state index in [-0.39, 0.29) is 17.9 Å². The van der Waals surface area contributed by atoms with E-state index in [2.05, 4.69) is 22.5 Å². The number of Topliss-reactive ketones (excluding diaryl/α,β-unsaturated/α-hetero) is 1. The first-order valence-electron chi connectivity index (χ1n) is 11.0. The van der Waals surface area contributed by atoms with Crippen molar-refractivity contribution in [2.75, 3.05) is 25.0 Å². The number of anilines is 1. The third-order valence-corrected chi connectivity index (χ3v) is 5.71. The van der Waals surface area contributed by atoms with Crippen molar-refractivity contribution >= 4 is 17.5 Å². The first kappa shape index (κ1) is 22.0. The summed E-state index contributed by atoms with van der Waals surface area (Å²) in [5.41, 5.74) is 3.55. The van der Waals surface area contributed by atoms with Crippen LogP contribution in [0.4, 0.5) is 10.5 Å². The number of hydrogen-bond acceptors (Lipinski definition) is 3. The fourth-order valence-corrected chi connectivity index (χ4v) is 3.91. The van der Waals surface area contributed by atoms with Crippen LogP contribution in [0, 0.1) is 0 Å². The van der Waals surface area contributed by atoms with Gasteiger partial charge in [-0.05, 0) is 82.4 Å². The van der Waals surface area contributed by atoms with Crippen molar-refractivity contribution in [3.8, 4) is 11.1 Å². The third-order valence-electron chi connectivity index (χ3n) is 5.71. The molecule has 5 heteroatoms. The Balaban J connectivity index is 1.42. The summed E-state index contributed by atoms with van der Waals surface area (Å²) >= 11 is 0. The lowest BCUT2D eigenvalue weighted by atomic mass is 10.0. The summed E-state index contributed by atoms with van der Waals surface area (Å²) in [6.45, 7) is 7.19. The maximum absolute atomic E-state index is 12.3. The Morgan fingerprint density at radius 2 is 1.53 bits per heavy atom. The van der Waals surface area contributed by atoms with Crippen LogP contribution in [0.15, 0.2) is 48.5 Å². The molecule has 1 aliphatic rings. The number of nitrogens with one attached hydrogen (secondary N) is 2. The van der Waals surface area contributed by atoms with Crippen LogP contribution in [0.25, 0.3) is 11.1 Å². The molecule has 3 rings (SSSR count). The van der Waals surface area contributed by atoms with E-state index in [1.54, 1.807) is 6.92 Å². The first-order valence-corrected chi connectivity index (χ1v) is 11.0. The van der Waals surface area contributed by atoms with Gasteiger partial charge in [0.15, 0.2) is 5.78 Å². The minimum Gasteiger partial charge on any atom is -0.335 e. The fraction of sp³-hybridized carbons (Fsp3) is 0.440. The van der Waals surface area contributed by atoms with Gasteiger partial charge in [0.2, 0.25) is 0 Å². The Morgan fingerprint density at radius 1 is 0.933 bits per heavy atom. The highest BCUT2D eigenvalue weighted by atomic mass is 16.2. The van der Waals surface area contributed by atoms with Gasteiger partial charge in [0, 0.05) is 17.3 Å². The molecule has 2 N–H and O–H groups in total. The smallest absolute Gasteiger partial charge is 0.319 e. The molecule has 0 aliphatic carbocycles. The Labute approximate surface area is 179 Å². The van der Waals surface area contributed by atoms with E-state index in [1.165, 1.54) is 32.4 Å². The van der Waals surface area contributed by atoms with Crippen molar-refractivity contribution in [1.82, 2.24) is 10.2 Å². The van der Waals surface area contributed by atoms with Crippen molar-refractivity contribution in [1.29, 1.82) is 0 Å². The third kappa shape index (κ3) is 6.70. The molecule has 5 nitrogen and oxygen atoms in total. The highest BCUT2D eigenvalue weighted by molar-refractivity contribution is 5.94. The molecule has 0 bridgehead atoms. The molecule has 0 spiro atoms. The number of urea groups is 1. The average molecular weight is 408 g/mol. The second-order valence-corrected chi connectivity index (χ2v) is 8.25. The van der Waals surface area contributed by atoms with E-state index in [0.717, 1.165) is 36.2 Å². The Kier molecular flexibility index (Phi) is 8.03. The quantitative estimate of drug-likeness (QED) is 0.581. The van der Waals surface area contributed by atoms with Gasteiger partial charge in [-0.2, -0.15) is 0 Å². The number of benzene rings is 2. The molecule has 1 unspecified atom stereocenters. The van der Waals surface area contributed by atoms with Gasteiger partial charge >= 0.3 is 6.03 Å².